The van der Waals surface area contributed by atoms with Gasteiger partial charge in [-0.3, -0.25) is 0 Å². The Labute approximate surface area is 126 Å². The molecule has 1 N–H and O–H groups in total. The van der Waals surface area contributed by atoms with Gasteiger partial charge in [-0.1, -0.05) is 15.9 Å². The van der Waals surface area contributed by atoms with Gasteiger partial charge in [-0.25, -0.2) is 4.79 Å². The zero-order chi connectivity index (χ0) is 15.3. The van der Waals surface area contributed by atoms with Gasteiger partial charge in [0.2, 0.25) is 0 Å². The van der Waals surface area contributed by atoms with Crippen molar-refractivity contribution in [2.75, 3.05) is 7.11 Å². The molecule has 0 aliphatic rings. The second-order valence-electron chi connectivity index (χ2n) is 5.15. The average Bonchev–Trinajstić information content (AvgIpc) is 2.34. The number of alkyl carbamates (subject to hydrolysis) is 1. The van der Waals surface area contributed by atoms with Crippen LogP contribution in [0.2, 0.25) is 0 Å². The fraction of sp³-hybridized carbons (Fsp3) is 0.429. The molecule has 0 aromatic heterocycles. The summed E-state index contributed by atoms with van der Waals surface area (Å²) in [6.45, 7) is 5.26. The zero-order valence-electron chi connectivity index (χ0n) is 11.9. The van der Waals surface area contributed by atoms with Crippen LogP contribution in [0, 0.1) is 0 Å². The Hall–Kier alpha value is -1.56. The van der Waals surface area contributed by atoms with Gasteiger partial charge in [0.15, 0.2) is 0 Å². The third-order valence-electron chi connectivity index (χ3n) is 2.35. The average molecular weight is 344 g/mol. The molecule has 0 heterocycles. The number of rotatable bonds is 4. The third kappa shape index (κ3) is 4.85. The Bertz CT molecular complexity index is 496. The summed E-state index contributed by atoms with van der Waals surface area (Å²) < 4.78 is 10.9. The van der Waals surface area contributed by atoms with Crippen molar-refractivity contribution >= 4 is 28.3 Å². The Morgan fingerprint density at radius 3 is 2.55 bits per heavy atom. The van der Waals surface area contributed by atoms with E-state index in [9.17, 15) is 9.59 Å². The van der Waals surface area contributed by atoms with E-state index in [0.29, 0.717) is 22.1 Å². The SMILES string of the molecule is COc1ccc(Br)c(C(C=O)NC(=O)OC(C)(C)C)c1. The van der Waals surface area contributed by atoms with Crippen molar-refractivity contribution in [2.45, 2.75) is 32.4 Å². The number of ether oxygens (including phenoxy) is 2. The molecular formula is C14H18BrNO4. The predicted molar refractivity (Wildman–Crippen MR) is 78.9 cm³/mol. The topological polar surface area (TPSA) is 64.6 Å². The second-order valence-corrected chi connectivity index (χ2v) is 6.00. The standard InChI is InChI=1S/C14H18BrNO4/c1-14(2,3)20-13(18)16-12(8-17)10-7-9(19-4)5-6-11(10)15/h5-8,12H,1-4H3,(H,16,18). The summed E-state index contributed by atoms with van der Waals surface area (Å²) in [4.78, 5) is 23.0. The molecular weight excluding hydrogens is 326 g/mol. The van der Waals surface area contributed by atoms with Crippen LogP contribution in [0.1, 0.15) is 32.4 Å². The van der Waals surface area contributed by atoms with E-state index in [1.165, 1.54) is 7.11 Å². The van der Waals surface area contributed by atoms with Gasteiger partial charge in [-0.05, 0) is 44.5 Å². The van der Waals surface area contributed by atoms with Crippen molar-refractivity contribution in [3.05, 3.63) is 28.2 Å². The lowest BCUT2D eigenvalue weighted by molar-refractivity contribution is -0.109. The Balaban J connectivity index is 2.91. The molecule has 1 aromatic rings. The number of methoxy groups -OCH3 is 1. The lowest BCUT2D eigenvalue weighted by Crippen LogP contribution is -2.35. The highest BCUT2D eigenvalue weighted by Gasteiger charge is 2.21. The molecule has 1 unspecified atom stereocenters. The first-order valence-corrected chi connectivity index (χ1v) is 6.84. The van der Waals surface area contributed by atoms with Crippen molar-refractivity contribution in [2.24, 2.45) is 0 Å². The summed E-state index contributed by atoms with van der Waals surface area (Å²) in [5, 5.41) is 2.52. The minimum Gasteiger partial charge on any atom is -0.497 e. The molecule has 1 amide bonds. The Morgan fingerprint density at radius 2 is 2.05 bits per heavy atom. The molecule has 0 spiro atoms. The van der Waals surface area contributed by atoms with Crippen molar-refractivity contribution < 1.29 is 19.1 Å². The maximum atomic E-state index is 11.7. The van der Waals surface area contributed by atoms with Crippen LogP contribution in [0.4, 0.5) is 4.79 Å². The smallest absolute Gasteiger partial charge is 0.408 e. The summed E-state index contributed by atoms with van der Waals surface area (Å²) in [6, 6.07) is 4.37. The van der Waals surface area contributed by atoms with E-state index in [2.05, 4.69) is 21.2 Å². The van der Waals surface area contributed by atoms with E-state index < -0.39 is 17.7 Å². The molecule has 0 radical (unpaired) electrons. The number of amides is 1. The van der Waals surface area contributed by atoms with Gasteiger partial charge >= 0.3 is 6.09 Å². The first kappa shape index (κ1) is 16.5. The van der Waals surface area contributed by atoms with E-state index >= 15 is 0 Å². The number of nitrogens with one attached hydrogen (secondary N) is 1. The maximum Gasteiger partial charge on any atom is 0.408 e. The number of benzene rings is 1. The molecule has 5 nitrogen and oxygen atoms in total. The molecule has 0 aliphatic heterocycles. The van der Waals surface area contributed by atoms with Gasteiger partial charge in [0.25, 0.3) is 0 Å². The second kappa shape index (κ2) is 6.74. The van der Waals surface area contributed by atoms with Crippen molar-refractivity contribution in [1.29, 1.82) is 0 Å². The monoisotopic (exact) mass is 343 g/mol. The highest BCUT2D eigenvalue weighted by Crippen LogP contribution is 2.27. The van der Waals surface area contributed by atoms with Gasteiger partial charge in [0, 0.05) is 4.47 Å². The van der Waals surface area contributed by atoms with E-state index in [4.69, 9.17) is 9.47 Å². The minimum absolute atomic E-state index is 0.598. The van der Waals surface area contributed by atoms with Crippen LogP contribution in [0.3, 0.4) is 0 Å². The summed E-state index contributed by atoms with van der Waals surface area (Å²) >= 11 is 3.35. The fourth-order valence-corrected chi connectivity index (χ4v) is 2.00. The van der Waals surface area contributed by atoms with Gasteiger partial charge in [0.05, 0.1) is 7.11 Å². The zero-order valence-corrected chi connectivity index (χ0v) is 13.5. The van der Waals surface area contributed by atoms with E-state index in [-0.39, 0.29) is 0 Å². The van der Waals surface area contributed by atoms with Crippen LogP contribution < -0.4 is 10.1 Å². The number of hydrogen-bond donors (Lipinski definition) is 1. The molecule has 1 atom stereocenters. The van der Waals surface area contributed by atoms with Crippen LogP contribution in [0.25, 0.3) is 0 Å². The van der Waals surface area contributed by atoms with Crippen molar-refractivity contribution in [3.8, 4) is 5.75 Å². The quantitative estimate of drug-likeness (QED) is 0.852. The molecule has 1 aromatic carbocycles. The molecule has 0 aliphatic carbocycles. The van der Waals surface area contributed by atoms with Crippen LogP contribution in [-0.2, 0) is 9.53 Å². The molecule has 0 saturated heterocycles. The van der Waals surface area contributed by atoms with E-state index in [1.54, 1.807) is 39.0 Å². The highest BCUT2D eigenvalue weighted by molar-refractivity contribution is 9.10. The lowest BCUT2D eigenvalue weighted by Gasteiger charge is -2.22. The molecule has 6 heteroatoms. The first-order valence-electron chi connectivity index (χ1n) is 6.05. The number of halogens is 1. The van der Waals surface area contributed by atoms with E-state index in [0.717, 1.165) is 0 Å². The fourth-order valence-electron chi connectivity index (χ4n) is 1.51. The number of aldehydes is 1. The molecule has 0 bridgehead atoms. The summed E-state index contributed by atoms with van der Waals surface area (Å²) in [5.74, 6) is 0.598. The molecule has 0 fully saturated rings. The number of hydrogen-bond acceptors (Lipinski definition) is 4. The van der Waals surface area contributed by atoms with Gasteiger partial charge in [0.1, 0.15) is 23.7 Å². The molecule has 1 rings (SSSR count). The molecule has 20 heavy (non-hydrogen) atoms. The summed E-state index contributed by atoms with van der Waals surface area (Å²) in [5.41, 5.74) is -0.0199. The minimum atomic E-state index is -0.811. The third-order valence-corrected chi connectivity index (χ3v) is 3.07. The lowest BCUT2D eigenvalue weighted by atomic mass is 10.1. The molecule has 110 valence electrons. The highest BCUT2D eigenvalue weighted by atomic mass is 79.9. The molecule has 0 saturated carbocycles. The Morgan fingerprint density at radius 1 is 1.40 bits per heavy atom. The van der Waals surface area contributed by atoms with Gasteiger partial charge in [-0.2, -0.15) is 0 Å². The van der Waals surface area contributed by atoms with Crippen LogP contribution in [-0.4, -0.2) is 25.1 Å². The normalized spacial score (nSPS) is 12.4. The van der Waals surface area contributed by atoms with Gasteiger partial charge < -0.3 is 19.6 Å². The van der Waals surface area contributed by atoms with E-state index in [1.807, 2.05) is 0 Å². The maximum absolute atomic E-state index is 11.7. The van der Waals surface area contributed by atoms with Crippen LogP contribution in [0.15, 0.2) is 22.7 Å². The number of carbonyl (C=O) groups excluding carboxylic acids is 2. The van der Waals surface area contributed by atoms with Crippen LogP contribution >= 0.6 is 15.9 Å². The van der Waals surface area contributed by atoms with Crippen molar-refractivity contribution in [3.63, 3.8) is 0 Å². The summed E-state index contributed by atoms with van der Waals surface area (Å²) in [7, 11) is 1.53. The van der Waals surface area contributed by atoms with Crippen molar-refractivity contribution in [1.82, 2.24) is 5.32 Å². The largest absolute Gasteiger partial charge is 0.497 e. The first-order chi connectivity index (χ1) is 9.26. The predicted octanol–water partition coefficient (Wildman–Crippen LogP) is 3.22. The number of carbonyl (C=O) groups is 2. The van der Waals surface area contributed by atoms with Crippen LogP contribution in [0.5, 0.6) is 5.75 Å². The Kier molecular flexibility index (Phi) is 5.56. The van der Waals surface area contributed by atoms with Gasteiger partial charge in [-0.15, -0.1) is 0 Å². The summed E-state index contributed by atoms with van der Waals surface area (Å²) in [6.07, 6.45) is -0.00646.